The maximum Gasteiger partial charge on any atom is 0.0685 e. The fourth-order valence-corrected chi connectivity index (χ4v) is 1.40. The van der Waals surface area contributed by atoms with Gasteiger partial charge in [0.15, 0.2) is 0 Å². The molecule has 0 aromatic rings. The van der Waals surface area contributed by atoms with Crippen molar-refractivity contribution >= 4 is 0 Å². The summed E-state index contributed by atoms with van der Waals surface area (Å²) in [5.74, 6) is 0.721. The first kappa shape index (κ1) is 5.24. The summed E-state index contributed by atoms with van der Waals surface area (Å²) in [4.78, 5) is 0. The summed E-state index contributed by atoms with van der Waals surface area (Å²) in [5, 5.41) is 0. The van der Waals surface area contributed by atoms with Gasteiger partial charge in [0.1, 0.15) is 0 Å². The molecule has 1 heterocycles. The highest BCUT2D eigenvalue weighted by atomic mass is 16.5. The molecule has 1 nitrogen and oxygen atoms in total. The van der Waals surface area contributed by atoms with Crippen LogP contribution in [0.25, 0.3) is 0 Å². The van der Waals surface area contributed by atoms with Crippen LogP contribution in [0.4, 0.5) is 0 Å². The van der Waals surface area contributed by atoms with Crippen molar-refractivity contribution in [2.45, 2.75) is 6.42 Å². The normalized spacial score (nSPS) is 32.0. The van der Waals surface area contributed by atoms with Gasteiger partial charge >= 0.3 is 0 Å². The molecule has 1 fully saturated rings. The smallest absolute Gasteiger partial charge is 0.0685 e. The molecule has 0 bridgehead atoms. The van der Waals surface area contributed by atoms with E-state index in [1.54, 1.807) is 0 Å². The first-order chi connectivity index (χ1) is 4.47. The molecule has 2 aliphatic rings. The summed E-state index contributed by atoms with van der Waals surface area (Å²) in [5.41, 5.74) is 1.46. The van der Waals surface area contributed by atoms with Crippen LogP contribution in [0.3, 0.4) is 0 Å². The molecular weight excluding hydrogens is 112 g/mol. The number of allylic oxidation sites excluding steroid dienone is 3. The molecule has 0 spiro atoms. The molecule has 1 saturated heterocycles. The van der Waals surface area contributed by atoms with E-state index in [0.29, 0.717) is 0 Å². The van der Waals surface area contributed by atoms with E-state index >= 15 is 0 Å². The largest absolute Gasteiger partial charge is 0.377 e. The number of fused-ring (bicyclic) bond motifs is 1. The first-order valence-corrected chi connectivity index (χ1v) is 3.42. The lowest BCUT2D eigenvalue weighted by atomic mass is 9.98. The van der Waals surface area contributed by atoms with Gasteiger partial charge < -0.3 is 4.74 Å². The Bertz CT molecular complexity index is 167. The van der Waals surface area contributed by atoms with E-state index in [2.05, 4.69) is 18.2 Å². The molecule has 1 aliphatic carbocycles. The van der Waals surface area contributed by atoms with Crippen LogP contribution in [-0.2, 0) is 4.74 Å². The van der Waals surface area contributed by atoms with Crippen molar-refractivity contribution in [1.82, 2.24) is 0 Å². The van der Waals surface area contributed by atoms with E-state index in [0.717, 1.165) is 19.1 Å². The minimum absolute atomic E-state index is 0.721. The zero-order valence-corrected chi connectivity index (χ0v) is 5.34. The second kappa shape index (κ2) is 1.99. The Kier molecular flexibility index (Phi) is 1.16. The fourth-order valence-electron chi connectivity index (χ4n) is 1.40. The van der Waals surface area contributed by atoms with E-state index in [1.807, 2.05) is 0 Å². The summed E-state index contributed by atoms with van der Waals surface area (Å²) in [6.07, 6.45) is 7.75. The third-order valence-electron chi connectivity index (χ3n) is 1.97. The summed E-state index contributed by atoms with van der Waals surface area (Å²) >= 11 is 0. The summed E-state index contributed by atoms with van der Waals surface area (Å²) in [7, 11) is 0. The summed E-state index contributed by atoms with van der Waals surface area (Å²) in [6, 6.07) is 0. The van der Waals surface area contributed by atoms with E-state index in [4.69, 9.17) is 4.74 Å². The maximum absolute atomic E-state index is 5.28. The monoisotopic (exact) mass is 122 g/mol. The third-order valence-corrected chi connectivity index (χ3v) is 1.97. The van der Waals surface area contributed by atoms with Crippen molar-refractivity contribution < 1.29 is 4.74 Å². The van der Waals surface area contributed by atoms with Crippen LogP contribution in [0.1, 0.15) is 6.42 Å². The first-order valence-electron chi connectivity index (χ1n) is 3.42. The number of hydrogen-bond donors (Lipinski definition) is 0. The highest BCUT2D eigenvalue weighted by molar-refractivity contribution is 5.28. The topological polar surface area (TPSA) is 9.23 Å². The second-order valence-electron chi connectivity index (χ2n) is 2.57. The molecule has 0 amide bonds. The SMILES string of the molecule is C1=CC2CCOCC2=C1. The van der Waals surface area contributed by atoms with Gasteiger partial charge in [-0.1, -0.05) is 18.2 Å². The Morgan fingerprint density at radius 2 is 2.56 bits per heavy atom. The van der Waals surface area contributed by atoms with Crippen molar-refractivity contribution in [1.29, 1.82) is 0 Å². The van der Waals surface area contributed by atoms with Crippen LogP contribution in [0, 0.1) is 5.92 Å². The van der Waals surface area contributed by atoms with Gasteiger partial charge in [-0.25, -0.2) is 0 Å². The van der Waals surface area contributed by atoms with Crippen LogP contribution in [0.15, 0.2) is 23.8 Å². The molecule has 1 atom stereocenters. The van der Waals surface area contributed by atoms with Gasteiger partial charge in [-0.2, -0.15) is 0 Å². The zero-order chi connectivity index (χ0) is 6.10. The average molecular weight is 122 g/mol. The lowest BCUT2D eigenvalue weighted by molar-refractivity contribution is 0.117. The third kappa shape index (κ3) is 0.815. The molecule has 2 rings (SSSR count). The Labute approximate surface area is 55.0 Å². The van der Waals surface area contributed by atoms with Gasteiger partial charge in [0.2, 0.25) is 0 Å². The van der Waals surface area contributed by atoms with Crippen LogP contribution in [-0.4, -0.2) is 13.2 Å². The van der Waals surface area contributed by atoms with Crippen LogP contribution in [0.5, 0.6) is 0 Å². The van der Waals surface area contributed by atoms with Crippen molar-refractivity contribution in [3.8, 4) is 0 Å². The van der Waals surface area contributed by atoms with Crippen LogP contribution in [0.2, 0.25) is 0 Å². The standard InChI is InChI=1S/C8H10O/c1-2-7-4-5-9-6-8(7)3-1/h1-3,7H,4-6H2. The van der Waals surface area contributed by atoms with Gasteiger partial charge in [-0.15, -0.1) is 0 Å². The van der Waals surface area contributed by atoms with Gasteiger partial charge in [0.25, 0.3) is 0 Å². The highest BCUT2D eigenvalue weighted by Crippen LogP contribution is 2.26. The molecule has 1 unspecified atom stereocenters. The average Bonchev–Trinajstić information content (AvgIpc) is 2.33. The molecule has 48 valence electrons. The molecule has 0 N–H and O–H groups in total. The van der Waals surface area contributed by atoms with E-state index in [-0.39, 0.29) is 0 Å². The molecule has 0 aromatic carbocycles. The number of ether oxygens (including phenoxy) is 1. The molecular formula is C8H10O. The zero-order valence-electron chi connectivity index (χ0n) is 5.34. The van der Waals surface area contributed by atoms with Gasteiger partial charge in [-0.05, 0) is 12.0 Å². The highest BCUT2D eigenvalue weighted by Gasteiger charge is 2.18. The Morgan fingerprint density at radius 1 is 1.56 bits per heavy atom. The maximum atomic E-state index is 5.28. The molecule has 9 heavy (non-hydrogen) atoms. The lowest BCUT2D eigenvalue weighted by Crippen LogP contribution is -2.15. The quantitative estimate of drug-likeness (QED) is 0.473. The Balaban J connectivity index is 2.16. The lowest BCUT2D eigenvalue weighted by Gasteiger charge is -2.19. The van der Waals surface area contributed by atoms with Gasteiger partial charge in [0, 0.05) is 12.5 Å². The van der Waals surface area contributed by atoms with Gasteiger partial charge in [0.05, 0.1) is 6.61 Å². The van der Waals surface area contributed by atoms with Crippen LogP contribution >= 0.6 is 0 Å². The Morgan fingerprint density at radius 3 is 3.44 bits per heavy atom. The number of hydrogen-bond acceptors (Lipinski definition) is 1. The molecule has 0 radical (unpaired) electrons. The summed E-state index contributed by atoms with van der Waals surface area (Å²) in [6.45, 7) is 1.80. The predicted molar refractivity (Wildman–Crippen MR) is 36.1 cm³/mol. The minimum atomic E-state index is 0.721. The molecule has 1 heteroatoms. The van der Waals surface area contributed by atoms with Crippen molar-refractivity contribution in [3.05, 3.63) is 23.8 Å². The van der Waals surface area contributed by atoms with Crippen molar-refractivity contribution in [2.24, 2.45) is 5.92 Å². The molecule has 1 aliphatic heterocycles. The predicted octanol–water partition coefficient (Wildman–Crippen LogP) is 1.52. The molecule has 0 aromatic heterocycles. The Hall–Kier alpha value is -0.560. The van der Waals surface area contributed by atoms with E-state index < -0.39 is 0 Å². The number of rotatable bonds is 0. The second-order valence-corrected chi connectivity index (χ2v) is 2.57. The van der Waals surface area contributed by atoms with Crippen molar-refractivity contribution in [3.63, 3.8) is 0 Å². The minimum Gasteiger partial charge on any atom is -0.377 e. The molecule has 0 saturated carbocycles. The van der Waals surface area contributed by atoms with Gasteiger partial charge in [-0.3, -0.25) is 0 Å². The van der Waals surface area contributed by atoms with Crippen LogP contribution < -0.4 is 0 Å². The van der Waals surface area contributed by atoms with E-state index in [1.165, 1.54) is 12.0 Å². The fraction of sp³-hybridized carbons (Fsp3) is 0.500. The summed E-state index contributed by atoms with van der Waals surface area (Å²) < 4.78 is 5.28. The van der Waals surface area contributed by atoms with E-state index in [9.17, 15) is 0 Å². The van der Waals surface area contributed by atoms with Crippen molar-refractivity contribution in [2.75, 3.05) is 13.2 Å².